The molecule has 0 N–H and O–H groups in total. The highest BCUT2D eigenvalue weighted by molar-refractivity contribution is 7.97. The second-order valence-electron chi connectivity index (χ2n) is 9.26. The zero-order valence-corrected chi connectivity index (χ0v) is 19.8. The second kappa shape index (κ2) is 9.43. The van der Waals surface area contributed by atoms with Crippen molar-refractivity contribution in [1.82, 2.24) is 19.1 Å². The second-order valence-corrected chi connectivity index (χ2v) is 10.5. The number of benzene rings is 2. The first kappa shape index (κ1) is 22.3. The fourth-order valence-electron chi connectivity index (χ4n) is 4.97. The zero-order valence-electron chi connectivity index (χ0n) is 18.9. The van der Waals surface area contributed by atoms with E-state index in [-0.39, 0.29) is 23.6 Å². The van der Waals surface area contributed by atoms with E-state index in [1.807, 2.05) is 15.5 Å². The summed E-state index contributed by atoms with van der Waals surface area (Å²) in [6, 6.07) is 13.6. The van der Waals surface area contributed by atoms with Crippen LogP contribution < -0.4 is 4.90 Å². The van der Waals surface area contributed by atoms with E-state index >= 15 is 8.78 Å². The van der Waals surface area contributed by atoms with Crippen LogP contribution in [0, 0.1) is 17.6 Å². The van der Waals surface area contributed by atoms with Gasteiger partial charge in [0.1, 0.15) is 24.3 Å². The lowest BCUT2D eigenvalue weighted by molar-refractivity contribution is 0.317. The van der Waals surface area contributed by atoms with Crippen LogP contribution in [0.15, 0.2) is 55.1 Å². The van der Waals surface area contributed by atoms with Crippen LogP contribution in [-0.2, 0) is 6.54 Å². The Labute approximate surface area is 197 Å². The summed E-state index contributed by atoms with van der Waals surface area (Å²) in [6.07, 6.45) is 5.49. The fourth-order valence-corrected chi connectivity index (χ4v) is 6.34. The average molecular weight is 470 g/mol. The summed E-state index contributed by atoms with van der Waals surface area (Å²) in [4.78, 5) is 1.93. The summed E-state index contributed by atoms with van der Waals surface area (Å²) in [5.74, 6) is -0.428. The van der Waals surface area contributed by atoms with Crippen LogP contribution in [0.1, 0.15) is 49.1 Å². The number of halogens is 2. The largest absolute Gasteiger partial charge is 0.367 e. The van der Waals surface area contributed by atoms with Crippen molar-refractivity contribution in [3.8, 4) is 0 Å². The number of hydrogen-bond acceptors (Lipinski definition) is 5. The van der Waals surface area contributed by atoms with Crippen molar-refractivity contribution in [1.29, 1.82) is 0 Å². The molecule has 174 valence electrons. The molecule has 5 rings (SSSR count). The van der Waals surface area contributed by atoms with Crippen molar-refractivity contribution in [3.63, 3.8) is 0 Å². The topological polar surface area (TPSA) is 37.2 Å². The molecule has 3 heterocycles. The van der Waals surface area contributed by atoms with Crippen LogP contribution in [0.25, 0.3) is 0 Å². The van der Waals surface area contributed by atoms with E-state index in [9.17, 15) is 0 Å². The minimum absolute atomic E-state index is 0.141. The van der Waals surface area contributed by atoms with E-state index in [0.717, 1.165) is 12.8 Å². The molecule has 0 saturated carbocycles. The summed E-state index contributed by atoms with van der Waals surface area (Å²) in [7, 11) is 0. The fraction of sp³-hybridized carbons (Fsp3) is 0.440. The van der Waals surface area contributed by atoms with Gasteiger partial charge in [-0.2, -0.15) is 0 Å². The SMILES string of the molecule is CC1CN(c2cc(F)c(CN3SC(c4ccccc4)CC[C@@H]3C)cc2F)CC1n1cnnc1. The average Bonchev–Trinajstić information content (AvgIpc) is 3.47. The summed E-state index contributed by atoms with van der Waals surface area (Å²) in [5, 5.41) is 8.11. The number of aromatic nitrogens is 3. The van der Waals surface area contributed by atoms with E-state index in [1.165, 1.54) is 17.7 Å². The van der Waals surface area contributed by atoms with Gasteiger partial charge in [-0.25, -0.2) is 13.1 Å². The molecule has 2 saturated heterocycles. The van der Waals surface area contributed by atoms with E-state index in [1.54, 1.807) is 24.6 Å². The van der Waals surface area contributed by atoms with Crippen LogP contribution in [0.5, 0.6) is 0 Å². The van der Waals surface area contributed by atoms with E-state index in [0.29, 0.717) is 42.2 Å². The van der Waals surface area contributed by atoms with Crippen LogP contribution in [0.2, 0.25) is 0 Å². The van der Waals surface area contributed by atoms with Crippen molar-refractivity contribution < 1.29 is 8.78 Å². The molecule has 2 aliphatic heterocycles. The van der Waals surface area contributed by atoms with Crippen LogP contribution in [-0.4, -0.2) is 38.2 Å². The molecule has 8 heteroatoms. The molecule has 0 radical (unpaired) electrons. The molecule has 3 aromatic rings. The Morgan fingerprint density at radius 1 is 0.970 bits per heavy atom. The number of hydrogen-bond donors (Lipinski definition) is 0. The summed E-state index contributed by atoms with van der Waals surface area (Å²) >= 11 is 1.75. The third kappa shape index (κ3) is 4.64. The molecule has 3 unspecified atom stereocenters. The van der Waals surface area contributed by atoms with Gasteiger partial charge in [0.25, 0.3) is 0 Å². The minimum atomic E-state index is -0.364. The van der Waals surface area contributed by atoms with Gasteiger partial charge in [0.15, 0.2) is 0 Å². The molecule has 1 aromatic heterocycles. The van der Waals surface area contributed by atoms with Crippen molar-refractivity contribution in [2.75, 3.05) is 18.0 Å². The van der Waals surface area contributed by atoms with Gasteiger partial charge in [-0.05, 0) is 37.3 Å². The third-order valence-corrected chi connectivity index (χ3v) is 8.47. The monoisotopic (exact) mass is 469 g/mol. The highest BCUT2D eigenvalue weighted by Crippen LogP contribution is 2.43. The van der Waals surface area contributed by atoms with Gasteiger partial charge in [0, 0.05) is 42.6 Å². The molecule has 0 bridgehead atoms. The Morgan fingerprint density at radius 2 is 1.73 bits per heavy atom. The van der Waals surface area contributed by atoms with Crippen LogP contribution in [0.4, 0.5) is 14.5 Å². The highest BCUT2D eigenvalue weighted by atomic mass is 32.2. The molecule has 0 aliphatic carbocycles. The first-order valence-electron chi connectivity index (χ1n) is 11.5. The molecule has 0 spiro atoms. The molecule has 2 aliphatic rings. The van der Waals surface area contributed by atoms with Crippen molar-refractivity contribution >= 4 is 17.6 Å². The van der Waals surface area contributed by atoms with Crippen molar-refractivity contribution in [3.05, 3.63) is 77.9 Å². The van der Waals surface area contributed by atoms with Crippen molar-refractivity contribution in [2.24, 2.45) is 5.92 Å². The number of nitrogens with zero attached hydrogens (tertiary/aromatic N) is 5. The Balaban J connectivity index is 1.31. The molecule has 0 amide bonds. The first-order valence-corrected chi connectivity index (χ1v) is 12.4. The Morgan fingerprint density at radius 3 is 2.48 bits per heavy atom. The minimum Gasteiger partial charge on any atom is -0.367 e. The molecular weight excluding hydrogens is 440 g/mol. The maximum Gasteiger partial charge on any atom is 0.147 e. The molecule has 5 nitrogen and oxygen atoms in total. The lowest BCUT2D eigenvalue weighted by atomic mass is 10.0. The smallest absolute Gasteiger partial charge is 0.147 e. The van der Waals surface area contributed by atoms with Gasteiger partial charge in [-0.15, -0.1) is 10.2 Å². The summed E-state index contributed by atoms with van der Waals surface area (Å²) in [5.41, 5.74) is 2.03. The predicted molar refractivity (Wildman–Crippen MR) is 128 cm³/mol. The van der Waals surface area contributed by atoms with Gasteiger partial charge in [0.05, 0.1) is 11.7 Å². The maximum atomic E-state index is 15.2. The lowest BCUT2D eigenvalue weighted by Crippen LogP contribution is -2.32. The van der Waals surface area contributed by atoms with Gasteiger partial charge in [-0.1, -0.05) is 49.2 Å². The molecular formula is C25H29F2N5S. The molecule has 4 atom stereocenters. The Bertz CT molecular complexity index is 1080. The summed E-state index contributed by atoms with van der Waals surface area (Å²) < 4.78 is 34.6. The van der Waals surface area contributed by atoms with Crippen LogP contribution >= 0.6 is 11.9 Å². The van der Waals surface area contributed by atoms with Gasteiger partial charge in [0.2, 0.25) is 0 Å². The maximum absolute atomic E-state index is 15.2. The Kier molecular flexibility index (Phi) is 6.38. The van der Waals surface area contributed by atoms with Crippen LogP contribution in [0.3, 0.4) is 0 Å². The summed E-state index contributed by atoms with van der Waals surface area (Å²) in [6.45, 7) is 5.93. The molecule has 2 fully saturated rings. The lowest BCUT2D eigenvalue weighted by Gasteiger charge is -2.37. The predicted octanol–water partition coefficient (Wildman–Crippen LogP) is 5.63. The number of rotatable bonds is 5. The third-order valence-electron chi connectivity index (χ3n) is 6.95. The molecule has 2 aromatic carbocycles. The Hall–Kier alpha value is -2.45. The van der Waals surface area contributed by atoms with E-state index in [2.05, 4.69) is 52.6 Å². The van der Waals surface area contributed by atoms with E-state index in [4.69, 9.17) is 0 Å². The zero-order chi connectivity index (χ0) is 22.9. The van der Waals surface area contributed by atoms with E-state index < -0.39 is 0 Å². The quantitative estimate of drug-likeness (QED) is 0.453. The van der Waals surface area contributed by atoms with Gasteiger partial charge >= 0.3 is 0 Å². The molecule has 33 heavy (non-hydrogen) atoms. The number of anilines is 1. The first-order chi connectivity index (χ1) is 16.0. The van der Waals surface area contributed by atoms with Gasteiger partial charge in [-0.3, -0.25) is 0 Å². The normalized spacial score (nSPS) is 26.1. The van der Waals surface area contributed by atoms with Crippen molar-refractivity contribution in [2.45, 2.75) is 50.6 Å². The standard InChI is InChI=1S/C25H29F2N5S/c1-17-12-30(14-24(17)31-15-28-29-16-31)23-11-21(26)20(10-22(23)27)13-32-18(2)8-9-25(33-32)19-6-4-3-5-7-19/h3-7,10-11,15-18,24-25H,8-9,12-14H2,1-2H3/t17?,18-,24?,25?/m0/s1. The van der Waals surface area contributed by atoms with Gasteiger partial charge < -0.3 is 9.47 Å². The highest BCUT2D eigenvalue weighted by Gasteiger charge is 2.33.